The minimum absolute atomic E-state index is 0.244. The van der Waals surface area contributed by atoms with Crippen molar-refractivity contribution in [1.82, 2.24) is 0 Å². The van der Waals surface area contributed by atoms with Crippen molar-refractivity contribution in [3.05, 3.63) is 29.8 Å². The SMILES string of the molecule is CC(=O)CCc1ccc([NH3+])cc1. The lowest BCUT2D eigenvalue weighted by Crippen LogP contribution is -2.39. The first-order valence-electron chi connectivity index (χ1n) is 4.09. The third-order valence-electron chi connectivity index (χ3n) is 1.79. The number of benzene rings is 1. The largest absolute Gasteiger partial charge is 0.325 e. The topological polar surface area (TPSA) is 44.7 Å². The third-order valence-corrected chi connectivity index (χ3v) is 1.79. The standard InChI is InChI=1S/C10H13NO/c1-8(12)2-3-9-4-6-10(11)7-5-9/h4-7H,2-3,11H2,1H3/p+1. The molecule has 3 N–H and O–H groups in total. The van der Waals surface area contributed by atoms with E-state index in [1.165, 1.54) is 5.56 Å². The lowest BCUT2D eigenvalue weighted by atomic mass is 10.1. The minimum Gasteiger partial charge on any atom is -0.325 e. The van der Waals surface area contributed by atoms with E-state index in [-0.39, 0.29) is 5.78 Å². The fourth-order valence-corrected chi connectivity index (χ4v) is 1.03. The highest BCUT2D eigenvalue weighted by Crippen LogP contribution is 2.06. The fourth-order valence-electron chi connectivity index (χ4n) is 1.03. The Morgan fingerprint density at radius 2 is 1.92 bits per heavy atom. The maximum atomic E-state index is 10.7. The Morgan fingerprint density at radius 3 is 2.42 bits per heavy atom. The van der Waals surface area contributed by atoms with Crippen LogP contribution in [0.5, 0.6) is 0 Å². The van der Waals surface area contributed by atoms with Gasteiger partial charge in [0, 0.05) is 6.42 Å². The van der Waals surface area contributed by atoms with E-state index < -0.39 is 0 Å². The van der Waals surface area contributed by atoms with E-state index in [1.54, 1.807) is 6.92 Å². The summed E-state index contributed by atoms with van der Waals surface area (Å²) in [4.78, 5) is 10.7. The zero-order valence-electron chi connectivity index (χ0n) is 7.34. The molecule has 0 saturated heterocycles. The average molecular weight is 164 g/mol. The third kappa shape index (κ3) is 2.84. The van der Waals surface area contributed by atoms with Crippen LogP contribution in [0.2, 0.25) is 0 Å². The van der Waals surface area contributed by atoms with Gasteiger partial charge in [0.05, 0.1) is 0 Å². The van der Waals surface area contributed by atoms with Gasteiger partial charge in [0.1, 0.15) is 11.5 Å². The van der Waals surface area contributed by atoms with Gasteiger partial charge in [-0.3, -0.25) is 0 Å². The summed E-state index contributed by atoms with van der Waals surface area (Å²) in [6.45, 7) is 1.62. The predicted octanol–water partition coefficient (Wildman–Crippen LogP) is 1.08. The molecule has 0 aliphatic carbocycles. The Hall–Kier alpha value is -1.15. The lowest BCUT2D eigenvalue weighted by Gasteiger charge is -1.97. The molecule has 2 heteroatoms. The molecule has 0 saturated carbocycles. The summed E-state index contributed by atoms with van der Waals surface area (Å²) in [5.74, 6) is 0.244. The second-order valence-corrected chi connectivity index (χ2v) is 3.02. The molecular weight excluding hydrogens is 150 g/mol. The second kappa shape index (κ2) is 4.02. The summed E-state index contributed by atoms with van der Waals surface area (Å²) in [7, 11) is 0. The van der Waals surface area contributed by atoms with E-state index in [1.807, 2.05) is 24.3 Å². The van der Waals surface area contributed by atoms with Gasteiger partial charge in [-0.25, -0.2) is 0 Å². The molecule has 0 radical (unpaired) electrons. The second-order valence-electron chi connectivity index (χ2n) is 3.02. The van der Waals surface area contributed by atoms with E-state index in [0.717, 1.165) is 12.1 Å². The van der Waals surface area contributed by atoms with Gasteiger partial charge in [-0.05, 0) is 31.0 Å². The van der Waals surface area contributed by atoms with Gasteiger partial charge in [0.2, 0.25) is 0 Å². The van der Waals surface area contributed by atoms with Crippen molar-refractivity contribution in [2.75, 3.05) is 0 Å². The van der Waals surface area contributed by atoms with Crippen molar-refractivity contribution in [3.8, 4) is 0 Å². The monoisotopic (exact) mass is 164 g/mol. The summed E-state index contributed by atoms with van der Waals surface area (Å²) >= 11 is 0. The minimum atomic E-state index is 0.244. The van der Waals surface area contributed by atoms with E-state index in [4.69, 9.17) is 0 Å². The van der Waals surface area contributed by atoms with Crippen LogP contribution in [0.3, 0.4) is 0 Å². The van der Waals surface area contributed by atoms with Gasteiger partial charge in [-0.2, -0.15) is 0 Å². The van der Waals surface area contributed by atoms with Crippen LogP contribution in [0, 0.1) is 0 Å². The molecule has 0 heterocycles. The Kier molecular flexibility index (Phi) is 3.00. The van der Waals surface area contributed by atoms with E-state index in [0.29, 0.717) is 6.42 Å². The van der Waals surface area contributed by atoms with Crippen LogP contribution in [-0.2, 0) is 11.2 Å². The van der Waals surface area contributed by atoms with Crippen LogP contribution in [0.4, 0.5) is 5.69 Å². The Labute approximate surface area is 72.4 Å². The van der Waals surface area contributed by atoms with Gasteiger partial charge in [0.15, 0.2) is 0 Å². The van der Waals surface area contributed by atoms with Gasteiger partial charge in [0.25, 0.3) is 0 Å². The number of hydrogen-bond donors (Lipinski definition) is 1. The van der Waals surface area contributed by atoms with E-state index in [9.17, 15) is 4.79 Å². The predicted molar refractivity (Wildman–Crippen MR) is 48.0 cm³/mol. The summed E-state index contributed by atoms with van der Waals surface area (Å²) in [6.07, 6.45) is 1.48. The summed E-state index contributed by atoms with van der Waals surface area (Å²) in [6, 6.07) is 7.97. The average Bonchev–Trinajstić information content (AvgIpc) is 2.03. The molecule has 0 aliphatic heterocycles. The van der Waals surface area contributed by atoms with Crippen molar-refractivity contribution in [3.63, 3.8) is 0 Å². The number of carbonyl (C=O) groups excluding carboxylic acids is 1. The molecule has 0 aromatic heterocycles. The highest BCUT2D eigenvalue weighted by Gasteiger charge is 1.96. The number of aryl methyl sites for hydroxylation is 1. The molecule has 1 aromatic carbocycles. The van der Waals surface area contributed by atoms with Crippen LogP contribution in [0.25, 0.3) is 0 Å². The van der Waals surface area contributed by atoms with Crippen LogP contribution in [0.15, 0.2) is 24.3 Å². The molecule has 1 rings (SSSR count). The molecule has 12 heavy (non-hydrogen) atoms. The fraction of sp³-hybridized carbons (Fsp3) is 0.300. The summed E-state index contributed by atoms with van der Waals surface area (Å²) < 4.78 is 0. The number of rotatable bonds is 3. The quantitative estimate of drug-likeness (QED) is 0.713. The van der Waals surface area contributed by atoms with E-state index >= 15 is 0 Å². The summed E-state index contributed by atoms with van der Waals surface area (Å²) in [5, 5.41) is 0. The van der Waals surface area contributed by atoms with Crippen molar-refractivity contribution in [2.45, 2.75) is 19.8 Å². The first-order valence-corrected chi connectivity index (χ1v) is 4.09. The normalized spacial score (nSPS) is 9.83. The van der Waals surface area contributed by atoms with Crippen molar-refractivity contribution in [1.29, 1.82) is 0 Å². The maximum absolute atomic E-state index is 10.7. The molecular formula is C10H14NO+. The molecule has 2 nitrogen and oxygen atoms in total. The van der Waals surface area contributed by atoms with Crippen molar-refractivity contribution in [2.24, 2.45) is 0 Å². The Bertz CT molecular complexity index is 264. The number of quaternary nitrogens is 1. The number of ketones is 1. The van der Waals surface area contributed by atoms with Crippen molar-refractivity contribution >= 4 is 11.5 Å². The first-order chi connectivity index (χ1) is 5.68. The van der Waals surface area contributed by atoms with Gasteiger partial charge >= 0.3 is 0 Å². The van der Waals surface area contributed by atoms with Crippen molar-refractivity contribution < 1.29 is 10.5 Å². The number of hydrogen-bond acceptors (Lipinski definition) is 1. The zero-order valence-corrected chi connectivity index (χ0v) is 7.34. The molecule has 64 valence electrons. The number of carbonyl (C=O) groups is 1. The highest BCUT2D eigenvalue weighted by atomic mass is 16.1. The molecule has 0 atom stereocenters. The van der Waals surface area contributed by atoms with Gasteiger partial charge in [-0.15, -0.1) is 0 Å². The van der Waals surface area contributed by atoms with Gasteiger partial charge in [-0.1, -0.05) is 12.1 Å². The summed E-state index contributed by atoms with van der Waals surface area (Å²) in [5.41, 5.74) is 6.01. The molecule has 0 fully saturated rings. The van der Waals surface area contributed by atoms with Crippen LogP contribution < -0.4 is 5.73 Å². The Balaban J connectivity index is 2.53. The molecule has 0 unspecified atom stereocenters. The van der Waals surface area contributed by atoms with Gasteiger partial charge < -0.3 is 10.5 Å². The Morgan fingerprint density at radius 1 is 1.33 bits per heavy atom. The zero-order chi connectivity index (χ0) is 8.97. The first kappa shape index (κ1) is 8.94. The smallest absolute Gasteiger partial charge is 0.130 e. The van der Waals surface area contributed by atoms with Crippen LogP contribution >= 0.6 is 0 Å². The maximum Gasteiger partial charge on any atom is 0.130 e. The van der Waals surface area contributed by atoms with E-state index in [2.05, 4.69) is 5.73 Å². The molecule has 0 aliphatic rings. The molecule has 1 aromatic rings. The number of Topliss-reactive ketones (excluding diaryl/α,β-unsaturated/α-hetero) is 1. The molecule has 0 bridgehead atoms. The van der Waals surface area contributed by atoms with Crippen LogP contribution in [0.1, 0.15) is 18.9 Å². The highest BCUT2D eigenvalue weighted by molar-refractivity contribution is 5.75. The molecule has 0 spiro atoms. The molecule has 0 amide bonds. The van der Waals surface area contributed by atoms with Crippen LogP contribution in [-0.4, -0.2) is 5.78 Å². The lowest BCUT2D eigenvalue weighted by molar-refractivity contribution is -0.254.